The first-order valence-electron chi connectivity index (χ1n) is 9.06. The van der Waals surface area contributed by atoms with Gasteiger partial charge in [0.25, 0.3) is 6.01 Å². The second kappa shape index (κ2) is 8.07. The molecule has 1 aliphatic heterocycles. The van der Waals surface area contributed by atoms with Crippen LogP contribution in [0.5, 0.6) is 0 Å². The van der Waals surface area contributed by atoms with Crippen LogP contribution in [0.1, 0.15) is 20.8 Å². The van der Waals surface area contributed by atoms with Crippen molar-refractivity contribution in [2.75, 3.05) is 36.5 Å². The third-order valence-electron chi connectivity index (χ3n) is 4.09. The average molecular weight is 395 g/mol. The average Bonchev–Trinajstić information content (AvgIpc) is 3.11. The molecule has 1 amide bonds. The van der Waals surface area contributed by atoms with E-state index in [1.54, 1.807) is 35.2 Å². The summed E-state index contributed by atoms with van der Waals surface area (Å²) in [5.41, 5.74) is 3.64. The molecule has 10 heteroatoms. The molecule has 1 aromatic carbocycles. The van der Waals surface area contributed by atoms with Crippen LogP contribution in [-0.4, -0.2) is 53.5 Å². The Kier molecular flexibility index (Phi) is 5.55. The highest BCUT2D eigenvalue weighted by atomic mass is 16.6. The molecule has 0 aliphatic carbocycles. The van der Waals surface area contributed by atoms with Gasteiger partial charge < -0.3 is 19.0 Å². The maximum atomic E-state index is 12.2. The molecule has 0 atom stereocenters. The van der Waals surface area contributed by atoms with Gasteiger partial charge >= 0.3 is 6.09 Å². The summed E-state index contributed by atoms with van der Waals surface area (Å²) < 4.78 is 11.3. The second-order valence-corrected chi connectivity index (χ2v) is 7.43. The fourth-order valence-electron chi connectivity index (χ4n) is 2.72. The van der Waals surface area contributed by atoms with Gasteiger partial charge in [0.05, 0.1) is 5.69 Å². The molecular weight excluding hydrogens is 374 g/mol. The number of fused-ring (bicyclic) bond motifs is 1. The second-order valence-electron chi connectivity index (χ2n) is 7.43. The summed E-state index contributed by atoms with van der Waals surface area (Å²) in [5.74, 6) is 0. The number of rotatable bonds is 3. The summed E-state index contributed by atoms with van der Waals surface area (Å²) >= 11 is 0. The van der Waals surface area contributed by atoms with Crippen LogP contribution in [0, 0.1) is 22.7 Å². The van der Waals surface area contributed by atoms with Crippen molar-refractivity contribution in [1.82, 2.24) is 9.88 Å². The number of piperazine rings is 1. The van der Waals surface area contributed by atoms with Crippen LogP contribution >= 0.6 is 0 Å². The molecule has 2 heterocycles. The zero-order valence-corrected chi connectivity index (χ0v) is 16.5. The lowest BCUT2D eigenvalue weighted by atomic mass is 10.2. The van der Waals surface area contributed by atoms with Gasteiger partial charge in [0.1, 0.15) is 23.3 Å². The third-order valence-corrected chi connectivity index (χ3v) is 4.09. The van der Waals surface area contributed by atoms with Gasteiger partial charge in [-0.15, -0.1) is 0 Å². The molecule has 150 valence electrons. The number of carbonyl (C=O) groups is 1. The van der Waals surface area contributed by atoms with Crippen molar-refractivity contribution in [3.05, 3.63) is 18.2 Å². The summed E-state index contributed by atoms with van der Waals surface area (Å²) in [6, 6.07) is 9.01. The summed E-state index contributed by atoms with van der Waals surface area (Å²) in [4.78, 5) is 20.3. The fraction of sp³-hybridized carbons (Fsp3) is 0.421. The van der Waals surface area contributed by atoms with Crippen molar-refractivity contribution in [2.24, 2.45) is 5.10 Å². The van der Waals surface area contributed by atoms with Crippen molar-refractivity contribution in [3.63, 3.8) is 0 Å². The van der Waals surface area contributed by atoms with E-state index in [4.69, 9.17) is 19.7 Å². The molecule has 10 nitrogen and oxygen atoms in total. The van der Waals surface area contributed by atoms with E-state index in [2.05, 4.69) is 15.5 Å². The van der Waals surface area contributed by atoms with Crippen LogP contribution in [0.4, 0.5) is 16.5 Å². The number of hydrazone groups is 1. The molecule has 0 unspecified atom stereocenters. The highest BCUT2D eigenvalue weighted by Gasteiger charge is 2.27. The molecule has 29 heavy (non-hydrogen) atoms. The largest absolute Gasteiger partial charge is 0.444 e. The summed E-state index contributed by atoms with van der Waals surface area (Å²) in [5, 5.41) is 21.2. The van der Waals surface area contributed by atoms with Crippen molar-refractivity contribution in [1.29, 1.82) is 10.5 Å². The number of nitrogens with zero attached hydrogens (tertiary/aromatic N) is 6. The standard InChI is InChI=1S/C19H21N7O3/c1-19(2,3)29-18(27)26-8-6-25(7-9-26)17-22-15-5-4-13(10-16(15)28-17)23-24-14(11-20)12-21/h4-5,10,23H,6-9H2,1-3H3. The molecule has 1 aliphatic rings. The maximum absolute atomic E-state index is 12.2. The number of oxazole rings is 1. The van der Waals surface area contributed by atoms with Crippen LogP contribution in [0.2, 0.25) is 0 Å². The molecule has 1 fully saturated rings. The third kappa shape index (κ3) is 4.93. The van der Waals surface area contributed by atoms with E-state index in [1.165, 1.54) is 0 Å². The van der Waals surface area contributed by atoms with Crippen molar-refractivity contribution < 1.29 is 13.9 Å². The zero-order valence-electron chi connectivity index (χ0n) is 16.5. The topological polar surface area (TPSA) is 131 Å². The number of nitriles is 2. The summed E-state index contributed by atoms with van der Waals surface area (Å²) in [6.07, 6.45) is -0.319. The molecule has 0 saturated carbocycles. The SMILES string of the molecule is CC(C)(C)OC(=O)N1CCN(c2nc3ccc(NN=C(C#N)C#N)cc3o2)CC1. The normalized spacial score (nSPS) is 14.1. The van der Waals surface area contributed by atoms with Crippen LogP contribution in [-0.2, 0) is 4.74 Å². The smallest absolute Gasteiger partial charge is 0.410 e. The first-order valence-corrected chi connectivity index (χ1v) is 9.06. The van der Waals surface area contributed by atoms with Crippen molar-refractivity contribution in [3.8, 4) is 12.1 Å². The van der Waals surface area contributed by atoms with Crippen molar-refractivity contribution >= 4 is 34.6 Å². The number of ether oxygens (including phenoxy) is 1. The number of aromatic nitrogens is 1. The van der Waals surface area contributed by atoms with Crippen LogP contribution < -0.4 is 10.3 Å². The Morgan fingerprint density at radius 2 is 1.93 bits per heavy atom. The van der Waals surface area contributed by atoms with Gasteiger partial charge in [-0.2, -0.15) is 20.6 Å². The van der Waals surface area contributed by atoms with Gasteiger partial charge in [-0.25, -0.2) is 4.79 Å². The molecule has 1 saturated heterocycles. The van der Waals surface area contributed by atoms with E-state index in [9.17, 15) is 4.79 Å². The Balaban J connectivity index is 1.66. The van der Waals surface area contributed by atoms with Gasteiger partial charge in [-0.1, -0.05) is 0 Å². The Morgan fingerprint density at radius 1 is 1.24 bits per heavy atom. The minimum Gasteiger partial charge on any atom is -0.444 e. The number of benzene rings is 1. The van der Waals surface area contributed by atoms with E-state index < -0.39 is 5.60 Å². The monoisotopic (exact) mass is 395 g/mol. The number of hydrogen-bond acceptors (Lipinski definition) is 9. The molecule has 0 spiro atoms. The molecule has 1 aromatic heterocycles. The van der Waals surface area contributed by atoms with E-state index in [0.29, 0.717) is 49.0 Å². The van der Waals surface area contributed by atoms with E-state index in [1.807, 2.05) is 25.7 Å². The number of carbonyl (C=O) groups excluding carboxylic acids is 1. The summed E-state index contributed by atoms with van der Waals surface area (Å²) in [7, 11) is 0. The van der Waals surface area contributed by atoms with Crippen LogP contribution in [0.25, 0.3) is 11.1 Å². The first-order chi connectivity index (χ1) is 13.8. The van der Waals surface area contributed by atoms with Gasteiger partial charge in [-0.3, -0.25) is 5.43 Å². The van der Waals surface area contributed by atoms with Crippen LogP contribution in [0.3, 0.4) is 0 Å². The minimum atomic E-state index is -0.522. The highest BCUT2D eigenvalue weighted by Crippen LogP contribution is 2.25. The van der Waals surface area contributed by atoms with Gasteiger partial charge in [-0.05, 0) is 32.9 Å². The molecule has 3 rings (SSSR count). The number of anilines is 2. The Labute approximate surface area is 167 Å². The van der Waals surface area contributed by atoms with Crippen LogP contribution in [0.15, 0.2) is 27.7 Å². The van der Waals surface area contributed by atoms with Gasteiger partial charge in [0.15, 0.2) is 5.58 Å². The fourth-order valence-corrected chi connectivity index (χ4v) is 2.72. The number of nitrogens with one attached hydrogen (secondary N) is 1. The molecule has 0 radical (unpaired) electrons. The lowest BCUT2D eigenvalue weighted by Gasteiger charge is -2.34. The zero-order chi connectivity index (χ0) is 21.0. The highest BCUT2D eigenvalue weighted by molar-refractivity contribution is 6.10. The molecular formula is C19H21N7O3. The predicted molar refractivity (Wildman–Crippen MR) is 106 cm³/mol. The van der Waals surface area contributed by atoms with E-state index in [-0.39, 0.29) is 11.8 Å². The Hall–Kier alpha value is -3.79. The number of amides is 1. The Morgan fingerprint density at radius 3 is 2.55 bits per heavy atom. The van der Waals surface area contributed by atoms with Crippen molar-refractivity contribution in [2.45, 2.75) is 26.4 Å². The molecule has 0 bridgehead atoms. The van der Waals surface area contributed by atoms with Gasteiger partial charge in [0.2, 0.25) is 5.71 Å². The summed E-state index contributed by atoms with van der Waals surface area (Å²) in [6.45, 7) is 7.71. The quantitative estimate of drug-likeness (QED) is 0.620. The predicted octanol–water partition coefficient (Wildman–Crippen LogP) is 2.70. The first kappa shape index (κ1) is 20.0. The number of hydrogen-bond donors (Lipinski definition) is 1. The lowest BCUT2D eigenvalue weighted by Crippen LogP contribution is -2.50. The lowest BCUT2D eigenvalue weighted by molar-refractivity contribution is 0.0239. The Bertz CT molecular complexity index is 999. The molecule has 2 aromatic rings. The maximum Gasteiger partial charge on any atom is 0.410 e. The van der Waals surface area contributed by atoms with E-state index >= 15 is 0 Å². The minimum absolute atomic E-state index is 0.272. The van der Waals surface area contributed by atoms with Gasteiger partial charge in [0, 0.05) is 32.2 Å². The van der Waals surface area contributed by atoms with E-state index in [0.717, 1.165) is 0 Å². The molecule has 1 N–H and O–H groups in total.